The Bertz CT molecular complexity index is 902. The van der Waals surface area contributed by atoms with Gasteiger partial charge in [0, 0.05) is 6.54 Å². The minimum absolute atomic E-state index is 0.0850. The van der Waals surface area contributed by atoms with Crippen LogP contribution in [0.5, 0.6) is 17.2 Å². The molecule has 0 radical (unpaired) electrons. The highest BCUT2D eigenvalue weighted by Gasteiger charge is 2.20. The van der Waals surface area contributed by atoms with Crippen LogP contribution in [-0.2, 0) is 20.9 Å². The first kappa shape index (κ1) is 22.5. The lowest BCUT2D eigenvalue weighted by Gasteiger charge is -2.15. The van der Waals surface area contributed by atoms with Crippen molar-refractivity contribution in [1.82, 2.24) is 5.32 Å². The molecular formula is C21H24N2O7. The molecule has 0 atom stereocenters. The Kier molecular flexibility index (Phi) is 8.04. The van der Waals surface area contributed by atoms with Gasteiger partial charge in [-0.1, -0.05) is 24.3 Å². The Labute approximate surface area is 174 Å². The molecular weight excluding hydrogens is 392 g/mol. The summed E-state index contributed by atoms with van der Waals surface area (Å²) < 4.78 is 20.7. The molecule has 0 spiro atoms. The van der Waals surface area contributed by atoms with E-state index in [0.717, 1.165) is 11.1 Å². The van der Waals surface area contributed by atoms with Gasteiger partial charge >= 0.3 is 5.97 Å². The standard InChI is InChI=1S/C21H24N2O7/c1-13-6-4-5-7-14(13)10-23-19(25)12-30-21(26)15-8-16(27-2)20(17(9-15)28-3)29-11-18(22)24/h4-9H,10-12H2,1-3H3,(H2,22,24)(H,23,25). The lowest BCUT2D eigenvalue weighted by atomic mass is 10.1. The van der Waals surface area contributed by atoms with Gasteiger partial charge in [-0.3, -0.25) is 9.59 Å². The van der Waals surface area contributed by atoms with Crippen molar-refractivity contribution in [3.05, 3.63) is 53.1 Å². The van der Waals surface area contributed by atoms with Crippen molar-refractivity contribution in [3.8, 4) is 17.2 Å². The zero-order valence-electron chi connectivity index (χ0n) is 17.0. The summed E-state index contributed by atoms with van der Waals surface area (Å²) >= 11 is 0. The maximum Gasteiger partial charge on any atom is 0.338 e. The second-order valence-electron chi connectivity index (χ2n) is 6.24. The molecule has 9 heteroatoms. The van der Waals surface area contributed by atoms with Crippen molar-refractivity contribution in [2.75, 3.05) is 27.4 Å². The van der Waals surface area contributed by atoms with Gasteiger partial charge in [0.1, 0.15) is 0 Å². The molecule has 2 rings (SSSR count). The number of carbonyl (C=O) groups excluding carboxylic acids is 3. The number of nitrogens with one attached hydrogen (secondary N) is 1. The van der Waals surface area contributed by atoms with Crippen LogP contribution < -0.4 is 25.3 Å². The summed E-state index contributed by atoms with van der Waals surface area (Å²) in [5, 5.41) is 2.70. The normalized spacial score (nSPS) is 10.1. The van der Waals surface area contributed by atoms with E-state index in [-0.39, 0.29) is 22.8 Å². The van der Waals surface area contributed by atoms with Gasteiger partial charge in [-0.25, -0.2) is 4.79 Å². The first-order valence-electron chi connectivity index (χ1n) is 9.01. The maximum atomic E-state index is 12.4. The lowest BCUT2D eigenvalue weighted by Crippen LogP contribution is -2.28. The van der Waals surface area contributed by atoms with Gasteiger partial charge in [0.05, 0.1) is 19.8 Å². The number of benzene rings is 2. The second-order valence-corrected chi connectivity index (χ2v) is 6.24. The first-order chi connectivity index (χ1) is 14.3. The number of ether oxygens (including phenoxy) is 4. The lowest BCUT2D eigenvalue weighted by molar-refractivity contribution is -0.124. The van der Waals surface area contributed by atoms with E-state index >= 15 is 0 Å². The zero-order chi connectivity index (χ0) is 22.1. The topological polar surface area (TPSA) is 126 Å². The van der Waals surface area contributed by atoms with E-state index in [0.29, 0.717) is 6.54 Å². The Morgan fingerprint density at radius 2 is 1.63 bits per heavy atom. The largest absolute Gasteiger partial charge is 0.493 e. The molecule has 2 aromatic rings. The SMILES string of the molecule is COc1cc(C(=O)OCC(=O)NCc2ccccc2C)cc(OC)c1OCC(N)=O. The molecule has 2 amide bonds. The third kappa shape index (κ3) is 6.13. The summed E-state index contributed by atoms with van der Waals surface area (Å²) in [6.07, 6.45) is 0. The molecule has 2 aromatic carbocycles. The fraction of sp³-hybridized carbons (Fsp3) is 0.286. The van der Waals surface area contributed by atoms with Crippen molar-refractivity contribution in [2.45, 2.75) is 13.5 Å². The van der Waals surface area contributed by atoms with Crippen LogP contribution in [0.3, 0.4) is 0 Å². The number of hydrogen-bond acceptors (Lipinski definition) is 7. The summed E-state index contributed by atoms with van der Waals surface area (Å²) in [6.45, 7) is 1.43. The van der Waals surface area contributed by atoms with Crippen LogP contribution in [-0.4, -0.2) is 45.2 Å². The quantitative estimate of drug-likeness (QED) is 0.560. The summed E-state index contributed by atoms with van der Waals surface area (Å²) in [5.41, 5.74) is 7.19. The molecule has 30 heavy (non-hydrogen) atoms. The summed E-state index contributed by atoms with van der Waals surface area (Å²) in [6, 6.07) is 10.3. The highest BCUT2D eigenvalue weighted by molar-refractivity contribution is 5.93. The molecule has 0 aliphatic rings. The predicted octanol–water partition coefficient (Wildman–Crippen LogP) is 1.35. The fourth-order valence-electron chi connectivity index (χ4n) is 2.55. The van der Waals surface area contributed by atoms with Crippen LogP contribution in [0.15, 0.2) is 36.4 Å². The van der Waals surface area contributed by atoms with Gasteiger partial charge in [-0.2, -0.15) is 0 Å². The molecule has 0 saturated heterocycles. The Morgan fingerprint density at radius 3 is 2.20 bits per heavy atom. The fourth-order valence-corrected chi connectivity index (χ4v) is 2.55. The third-order valence-corrected chi connectivity index (χ3v) is 4.13. The Morgan fingerprint density at radius 1 is 1.00 bits per heavy atom. The van der Waals surface area contributed by atoms with Crippen molar-refractivity contribution >= 4 is 17.8 Å². The molecule has 0 bridgehead atoms. The first-order valence-corrected chi connectivity index (χ1v) is 9.01. The van der Waals surface area contributed by atoms with Gasteiger partial charge < -0.3 is 30.0 Å². The van der Waals surface area contributed by atoms with E-state index in [4.69, 9.17) is 24.7 Å². The van der Waals surface area contributed by atoms with Crippen LogP contribution >= 0.6 is 0 Å². The minimum atomic E-state index is -0.751. The number of amides is 2. The van der Waals surface area contributed by atoms with E-state index in [1.807, 2.05) is 31.2 Å². The average molecular weight is 416 g/mol. The predicted molar refractivity (Wildman–Crippen MR) is 108 cm³/mol. The molecule has 0 fully saturated rings. The number of hydrogen-bond donors (Lipinski definition) is 2. The van der Waals surface area contributed by atoms with Crippen molar-refractivity contribution in [2.24, 2.45) is 5.73 Å². The van der Waals surface area contributed by atoms with E-state index in [1.165, 1.54) is 26.4 Å². The monoisotopic (exact) mass is 416 g/mol. The van der Waals surface area contributed by atoms with Crippen LogP contribution in [0.2, 0.25) is 0 Å². The zero-order valence-corrected chi connectivity index (χ0v) is 17.0. The summed E-state index contributed by atoms with van der Waals surface area (Å²) in [4.78, 5) is 35.3. The number of carbonyl (C=O) groups is 3. The van der Waals surface area contributed by atoms with Crippen LogP contribution in [0, 0.1) is 6.92 Å². The number of rotatable bonds is 10. The molecule has 160 valence electrons. The molecule has 0 aliphatic heterocycles. The van der Waals surface area contributed by atoms with Gasteiger partial charge in [0.25, 0.3) is 11.8 Å². The smallest absolute Gasteiger partial charge is 0.338 e. The van der Waals surface area contributed by atoms with E-state index in [9.17, 15) is 14.4 Å². The molecule has 3 N–H and O–H groups in total. The highest BCUT2D eigenvalue weighted by Crippen LogP contribution is 2.38. The van der Waals surface area contributed by atoms with Crippen molar-refractivity contribution < 1.29 is 33.3 Å². The van der Waals surface area contributed by atoms with Crippen LogP contribution in [0.25, 0.3) is 0 Å². The van der Waals surface area contributed by atoms with Crippen molar-refractivity contribution in [3.63, 3.8) is 0 Å². The maximum absolute atomic E-state index is 12.4. The second kappa shape index (κ2) is 10.7. The highest BCUT2D eigenvalue weighted by atomic mass is 16.5. The van der Waals surface area contributed by atoms with Gasteiger partial charge in [0.15, 0.2) is 24.7 Å². The average Bonchev–Trinajstić information content (AvgIpc) is 2.74. The molecule has 0 heterocycles. The number of nitrogens with two attached hydrogens (primary N) is 1. The molecule has 0 aromatic heterocycles. The van der Waals surface area contributed by atoms with Crippen LogP contribution in [0.4, 0.5) is 0 Å². The third-order valence-electron chi connectivity index (χ3n) is 4.13. The summed E-state index contributed by atoms with van der Waals surface area (Å²) in [5.74, 6) is -1.46. The van der Waals surface area contributed by atoms with E-state index in [1.54, 1.807) is 0 Å². The molecule has 9 nitrogen and oxygen atoms in total. The van der Waals surface area contributed by atoms with Crippen molar-refractivity contribution in [1.29, 1.82) is 0 Å². The van der Waals surface area contributed by atoms with Gasteiger partial charge in [-0.15, -0.1) is 0 Å². The Balaban J connectivity index is 2.01. The molecule has 0 aliphatic carbocycles. The van der Waals surface area contributed by atoms with Gasteiger partial charge in [0.2, 0.25) is 5.75 Å². The number of aryl methyl sites for hydroxylation is 1. The van der Waals surface area contributed by atoms with E-state index < -0.39 is 31.0 Å². The number of primary amides is 1. The molecule has 0 saturated carbocycles. The summed E-state index contributed by atoms with van der Waals surface area (Å²) in [7, 11) is 2.72. The number of esters is 1. The minimum Gasteiger partial charge on any atom is -0.493 e. The van der Waals surface area contributed by atoms with E-state index in [2.05, 4.69) is 5.32 Å². The molecule has 0 unspecified atom stereocenters. The van der Waals surface area contributed by atoms with Crippen LogP contribution in [0.1, 0.15) is 21.5 Å². The number of methoxy groups -OCH3 is 2. The Hall–Kier alpha value is -3.75. The van der Waals surface area contributed by atoms with Gasteiger partial charge in [-0.05, 0) is 30.2 Å².